The van der Waals surface area contributed by atoms with Crippen LogP contribution in [0.2, 0.25) is 0 Å². The number of furan rings is 1. The molecular weight excluding hydrogens is 356 g/mol. The molecule has 3 rings (SSSR count). The number of rotatable bonds is 7. The number of benzene rings is 1. The number of amides is 2. The van der Waals surface area contributed by atoms with Gasteiger partial charge in [-0.15, -0.1) is 10.2 Å². The van der Waals surface area contributed by atoms with E-state index < -0.39 is 0 Å². The topological polar surface area (TPSA) is 88.2 Å². The van der Waals surface area contributed by atoms with Gasteiger partial charge in [-0.3, -0.25) is 9.47 Å². The number of nitrogens with one attached hydrogen (secondary N) is 2. The highest BCUT2D eigenvalue weighted by Gasteiger charge is 2.19. The van der Waals surface area contributed by atoms with Gasteiger partial charge < -0.3 is 15.1 Å². The molecule has 0 saturated heterocycles. The van der Waals surface area contributed by atoms with Crippen molar-refractivity contribution >= 4 is 11.7 Å². The largest absolute Gasteiger partial charge is 0.465 e. The van der Waals surface area contributed by atoms with E-state index in [4.69, 9.17) is 4.42 Å². The Hall–Kier alpha value is -3.13. The summed E-state index contributed by atoms with van der Waals surface area (Å²) < 4.78 is 7.52. The molecule has 0 unspecified atom stereocenters. The Morgan fingerprint density at radius 2 is 1.96 bits per heavy atom. The molecule has 28 heavy (non-hydrogen) atoms. The van der Waals surface area contributed by atoms with Gasteiger partial charge >= 0.3 is 6.03 Å². The molecule has 0 aliphatic heterocycles. The van der Waals surface area contributed by atoms with E-state index in [0.717, 1.165) is 34.9 Å². The molecule has 148 valence electrons. The molecule has 0 spiro atoms. The van der Waals surface area contributed by atoms with Crippen LogP contribution in [-0.4, -0.2) is 46.3 Å². The Bertz CT molecular complexity index is 917. The van der Waals surface area contributed by atoms with Crippen LogP contribution in [0.25, 0.3) is 5.69 Å². The second-order valence-corrected chi connectivity index (χ2v) is 6.83. The Kier molecular flexibility index (Phi) is 6.10. The predicted octanol–water partition coefficient (Wildman–Crippen LogP) is 3.16. The minimum atomic E-state index is -0.259. The standard InChI is InChI=1S/C20H26N6O2/c1-5-15-7-8-16(26-12-22-23-13-26)10-17(15)24-20(27)21-11-18(25(3)4)19-9-6-14(2)28-19/h6-10,12-13,18H,5,11H2,1-4H3,(H2,21,24,27)/t18-/m0/s1. The van der Waals surface area contributed by atoms with E-state index in [1.54, 1.807) is 17.2 Å². The number of aryl methyl sites for hydroxylation is 2. The van der Waals surface area contributed by atoms with Gasteiger partial charge in [0.1, 0.15) is 24.2 Å². The third-order valence-corrected chi connectivity index (χ3v) is 4.61. The third kappa shape index (κ3) is 4.58. The van der Waals surface area contributed by atoms with Gasteiger partial charge in [0, 0.05) is 12.2 Å². The molecule has 1 atom stereocenters. The molecule has 2 heterocycles. The monoisotopic (exact) mass is 382 g/mol. The Morgan fingerprint density at radius 3 is 2.57 bits per heavy atom. The van der Waals surface area contributed by atoms with Gasteiger partial charge in [0.25, 0.3) is 0 Å². The van der Waals surface area contributed by atoms with Crippen LogP contribution in [0, 0.1) is 6.92 Å². The first-order chi connectivity index (χ1) is 13.5. The van der Waals surface area contributed by atoms with E-state index in [9.17, 15) is 4.79 Å². The lowest BCUT2D eigenvalue weighted by Crippen LogP contribution is -2.37. The zero-order chi connectivity index (χ0) is 20.1. The summed E-state index contributed by atoms with van der Waals surface area (Å²) in [6.45, 7) is 4.39. The molecule has 2 aromatic heterocycles. The minimum absolute atomic E-state index is 0.0477. The number of carbonyl (C=O) groups excluding carboxylic acids is 1. The number of urea groups is 1. The lowest BCUT2D eigenvalue weighted by Gasteiger charge is -2.23. The van der Waals surface area contributed by atoms with E-state index in [0.29, 0.717) is 6.54 Å². The smallest absolute Gasteiger partial charge is 0.319 e. The second kappa shape index (κ2) is 8.71. The normalized spacial score (nSPS) is 12.2. The molecule has 8 nitrogen and oxygen atoms in total. The highest BCUT2D eigenvalue weighted by Crippen LogP contribution is 2.22. The molecule has 0 aliphatic carbocycles. The molecule has 2 amide bonds. The van der Waals surface area contributed by atoms with Crippen LogP contribution in [0.15, 0.2) is 47.4 Å². The van der Waals surface area contributed by atoms with Gasteiger partial charge in [-0.1, -0.05) is 13.0 Å². The number of aromatic nitrogens is 3. The molecule has 0 radical (unpaired) electrons. The van der Waals surface area contributed by atoms with Gasteiger partial charge in [0.05, 0.1) is 11.7 Å². The number of hydrogen-bond donors (Lipinski definition) is 2. The highest BCUT2D eigenvalue weighted by molar-refractivity contribution is 5.90. The van der Waals surface area contributed by atoms with Gasteiger partial charge in [0.2, 0.25) is 0 Å². The van der Waals surface area contributed by atoms with Crippen LogP contribution in [0.1, 0.15) is 30.0 Å². The number of nitrogens with zero attached hydrogens (tertiary/aromatic N) is 4. The first-order valence-corrected chi connectivity index (χ1v) is 9.23. The zero-order valence-electron chi connectivity index (χ0n) is 16.6. The SMILES string of the molecule is CCc1ccc(-n2cnnc2)cc1NC(=O)NC[C@@H](c1ccc(C)o1)N(C)C. The van der Waals surface area contributed by atoms with E-state index in [-0.39, 0.29) is 12.1 Å². The van der Waals surface area contributed by atoms with Crippen LogP contribution in [0.5, 0.6) is 0 Å². The lowest BCUT2D eigenvalue weighted by atomic mass is 10.1. The summed E-state index contributed by atoms with van der Waals surface area (Å²) in [6.07, 6.45) is 4.06. The van der Waals surface area contributed by atoms with E-state index in [1.165, 1.54) is 0 Å². The quantitative estimate of drug-likeness (QED) is 0.655. The first-order valence-electron chi connectivity index (χ1n) is 9.23. The van der Waals surface area contributed by atoms with Crippen molar-refractivity contribution in [1.82, 2.24) is 25.0 Å². The van der Waals surface area contributed by atoms with E-state index in [2.05, 4.69) is 27.8 Å². The Labute approximate surface area is 164 Å². The van der Waals surface area contributed by atoms with Gasteiger partial charge in [0.15, 0.2) is 0 Å². The number of anilines is 1. The molecule has 0 bridgehead atoms. The van der Waals surface area contributed by atoms with E-state index >= 15 is 0 Å². The maximum atomic E-state index is 12.5. The maximum absolute atomic E-state index is 12.5. The number of likely N-dealkylation sites (N-methyl/N-ethyl adjacent to an activating group) is 1. The molecule has 8 heteroatoms. The van der Waals surface area contributed by atoms with Gasteiger partial charge in [-0.25, -0.2) is 4.79 Å². The molecule has 0 saturated carbocycles. The average molecular weight is 382 g/mol. The van der Waals surface area contributed by atoms with Crippen molar-refractivity contribution in [2.24, 2.45) is 0 Å². The number of hydrogen-bond acceptors (Lipinski definition) is 5. The fraction of sp³-hybridized carbons (Fsp3) is 0.350. The molecule has 0 aliphatic rings. The zero-order valence-corrected chi connectivity index (χ0v) is 16.6. The van der Waals surface area contributed by atoms with Crippen molar-refractivity contribution in [2.75, 3.05) is 26.0 Å². The first kappa shape index (κ1) is 19.6. The summed E-state index contributed by atoms with van der Waals surface area (Å²) in [4.78, 5) is 14.6. The third-order valence-electron chi connectivity index (χ3n) is 4.61. The molecule has 3 aromatic rings. The second-order valence-electron chi connectivity index (χ2n) is 6.83. The van der Waals surface area contributed by atoms with Crippen LogP contribution in [0.4, 0.5) is 10.5 Å². The summed E-state index contributed by atoms with van der Waals surface area (Å²) >= 11 is 0. The molecule has 1 aromatic carbocycles. The summed E-state index contributed by atoms with van der Waals surface area (Å²) in [5.74, 6) is 1.68. The molecule has 0 fully saturated rings. The minimum Gasteiger partial charge on any atom is -0.465 e. The van der Waals surface area contributed by atoms with Crippen molar-refractivity contribution in [2.45, 2.75) is 26.3 Å². The van der Waals surface area contributed by atoms with Crippen molar-refractivity contribution < 1.29 is 9.21 Å². The fourth-order valence-electron chi connectivity index (χ4n) is 3.01. The lowest BCUT2D eigenvalue weighted by molar-refractivity contribution is 0.232. The van der Waals surface area contributed by atoms with Gasteiger partial charge in [-0.2, -0.15) is 0 Å². The summed E-state index contributed by atoms with van der Waals surface area (Å²) in [6, 6.07) is 9.46. The van der Waals surface area contributed by atoms with Crippen LogP contribution in [0.3, 0.4) is 0 Å². The maximum Gasteiger partial charge on any atom is 0.319 e. The van der Waals surface area contributed by atoms with Crippen molar-refractivity contribution in [1.29, 1.82) is 0 Å². The fourth-order valence-corrected chi connectivity index (χ4v) is 3.01. The van der Waals surface area contributed by atoms with E-state index in [1.807, 2.05) is 56.3 Å². The van der Waals surface area contributed by atoms with Crippen LogP contribution < -0.4 is 10.6 Å². The van der Waals surface area contributed by atoms with Crippen LogP contribution in [-0.2, 0) is 6.42 Å². The summed E-state index contributed by atoms with van der Waals surface area (Å²) in [5.41, 5.74) is 2.70. The highest BCUT2D eigenvalue weighted by atomic mass is 16.3. The molecule has 2 N–H and O–H groups in total. The van der Waals surface area contributed by atoms with Crippen molar-refractivity contribution in [3.05, 3.63) is 60.1 Å². The van der Waals surface area contributed by atoms with Crippen LogP contribution >= 0.6 is 0 Å². The van der Waals surface area contributed by atoms with Crippen molar-refractivity contribution in [3.8, 4) is 5.69 Å². The Morgan fingerprint density at radius 1 is 1.21 bits per heavy atom. The Balaban J connectivity index is 1.69. The van der Waals surface area contributed by atoms with Crippen molar-refractivity contribution in [3.63, 3.8) is 0 Å². The molecular formula is C20H26N6O2. The summed E-state index contributed by atoms with van der Waals surface area (Å²) in [7, 11) is 3.92. The summed E-state index contributed by atoms with van der Waals surface area (Å²) in [5, 5.41) is 13.6. The predicted molar refractivity (Wildman–Crippen MR) is 108 cm³/mol. The van der Waals surface area contributed by atoms with Gasteiger partial charge in [-0.05, 0) is 57.3 Å². The average Bonchev–Trinajstić information content (AvgIpc) is 3.33. The number of carbonyl (C=O) groups is 1.